The molecule has 2 rings (SSSR count). The molecule has 1 saturated heterocycles. The van der Waals surface area contributed by atoms with Crippen molar-refractivity contribution in [1.29, 1.82) is 0 Å². The smallest absolute Gasteiger partial charge is 0.224 e. The Morgan fingerprint density at radius 1 is 1.07 bits per heavy atom. The van der Waals surface area contributed by atoms with Crippen LogP contribution in [0.5, 0.6) is 5.75 Å². The molecule has 82 valence electrons. The van der Waals surface area contributed by atoms with E-state index < -0.39 is 0 Å². The van der Waals surface area contributed by atoms with Gasteiger partial charge in [0.1, 0.15) is 0 Å². The third kappa shape index (κ3) is 1.88. The molecule has 1 fully saturated rings. The van der Waals surface area contributed by atoms with Crippen LogP contribution in [0.1, 0.15) is 19.3 Å². The van der Waals surface area contributed by atoms with Crippen LogP contribution < -0.4 is 16.4 Å². The van der Waals surface area contributed by atoms with Crippen LogP contribution in [0.2, 0.25) is 0 Å². The molecule has 0 aromatic carbocycles. The molecule has 0 radical (unpaired) electrons. The predicted molar refractivity (Wildman–Crippen MR) is 58.6 cm³/mol. The van der Waals surface area contributed by atoms with Gasteiger partial charge in [0.25, 0.3) is 0 Å². The molecule has 0 atom stereocenters. The van der Waals surface area contributed by atoms with Gasteiger partial charge < -0.3 is 21.5 Å². The summed E-state index contributed by atoms with van der Waals surface area (Å²) in [4.78, 5) is 9.71. The quantitative estimate of drug-likeness (QED) is 0.616. The van der Waals surface area contributed by atoms with E-state index in [1.807, 2.05) is 4.90 Å². The molecule has 0 spiro atoms. The fraction of sp³-hybridized carbons (Fsp3) is 0.556. The molecule has 6 heteroatoms. The Balaban J connectivity index is 2.33. The van der Waals surface area contributed by atoms with Crippen molar-refractivity contribution in [1.82, 2.24) is 9.97 Å². The molecule has 6 nitrogen and oxygen atoms in total. The van der Waals surface area contributed by atoms with Gasteiger partial charge >= 0.3 is 0 Å². The molecule has 1 aliphatic rings. The van der Waals surface area contributed by atoms with Gasteiger partial charge in [-0.2, -0.15) is 9.97 Å². The van der Waals surface area contributed by atoms with Crippen LogP contribution in [0.15, 0.2) is 0 Å². The van der Waals surface area contributed by atoms with Gasteiger partial charge in [0, 0.05) is 13.1 Å². The monoisotopic (exact) mass is 209 g/mol. The van der Waals surface area contributed by atoms with Gasteiger partial charge in [0.15, 0.2) is 11.6 Å². The van der Waals surface area contributed by atoms with Gasteiger partial charge in [0.05, 0.1) is 0 Å². The number of hydrogen-bond donors (Lipinski definition) is 3. The zero-order valence-electron chi connectivity index (χ0n) is 8.48. The maximum atomic E-state index is 9.73. The van der Waals surface area contributed by atoms with E-state index in [0.29, 0.717) is 5.82 Å². The summed E-state index contributed by atoms with van der Waals surface area (Å²) in [5, 5.41) is 9.73. The second kappa shape index (κ2) is 3.80. The SMILES string of the molecule is Nc1nc(N)c(O)c(N2CCCCC2)n1. The highest BCUT2D eigenvalue weighted by Gasteiger charge is 2.18. The van der Waals surface area contributed by atoms with Crippen LogP contribution in [-0.4, -0.2) is 28.2 Å². The summed E-state index contributed by atoms with van der Waals surface area (Å²) in [5.74, 6) is 0.541. The minimum absolute atomic E-state index is 0.0445. The fourth-order valence-electron chi connectivity index (χ4n) is 1.80. The minimum Gasteiger partial charge on any atom is -0.502 e. The number of aromatic hydroxyl groups is 1. The minimum atomic E-state index is -0.0638. The van der Waals surface area contributed by atoms with Gasteiger partial charge in [-0.15, -0.1) is 0 Å². The number of nitrogens with zero attached hydrogens (tertiary/aromatic N) is 3. The first kappa shape index (κ1) is 9.82. The third-order valence-electron chi connectivity index (χ3n) is 2.57. The van der Waals surface area contributed by atoms with Crippen LogP contribution in [0.3, 0.4) is 0 Å². The molecule has 1 aromatic heterocycles. The summed E-state index contributed by atoms with van der Waals surface area (Å²) < 4.78 is 0. The Bertz CT molecular complexity index is 362. The maximum absolute atomic E-state index is 9.73. The molecule has 0 amide bonds. The van der Waals surface area contributed by atoms with E-state index in [-0.39, 0.29) is 17.5 Å². The highest BCUT2D eigenvalue weighted by atomic mass is 16.3. The molecule has 1 aromatic rings. The largest absolute Gasteiger partial charge is 0.502 e. The Morgan fingerprint density at radius 3 is 2.40 bits per heavy atom. The average molecular weight is 209 g/mol. The summed E-state index contributed by atoms with van der Waals surface area (Å²) in [7, 11) is 0. The van der Waals surface area contributed by atoms with E-state index in [2.05, 4.69) is 9.97 Å². The van der Waals surface area contributed by atoms with Crippen LogP contribution in [0.25, 0.3) is 0 Å². The van der Waals surface area contributed by atoms with Gasteiger partial charge in [-0.05, 0) is 19.3 Å². The summed E-state index contributed by atoms with van der Waals surface area (Å²) in [6.07, 6.45) is 3.42. The molecular formula is C9H15N5O. The molecule has 1 aliphatic heterocycles. The summed E-state index contributed by atoms with van der Waals surface area (Å²) in [6.45, 7) is 1.76. The first-order valence-electron chi connectivity index (χ1n) is 5.05. The summed E-state index contributed by atoms with van der Waals surface area (Å²) in [5.41, 5.74) is 11.0. The lowest BCUT2D eigenvalue weighted by molar-refractivity contribution is 0.466. The first-order valence-corrected chi connectivity index (χ1v) is 5.05. The van der Waals surface area contributed by atoms with Crippen molar-refractivity contribution in [2.75, 3.05) is 29.5 Å². The standard InChI is InChI=1S/C9H15N5O/c10-7-6(15)8(13-9(11)12-7)14-4-2-1-3-5-14/h15H,1-5H2,(H4,10,11,12,13). The topological polar surface area (TPSA) is 101 Å². The Hall–Kier alpha value is -1.72. The lowest BCUT2D eigenvalue weighted by Crippen LogP contribution is -2.30. The van der Waals surface area contributed by atoms with E-state index in [1.54, 1.807) is 0 Å². The number of aromatic nitrogens is 2. The summed E-state index contributed by atoms with van der Waals surface area (Å²) in [6, 6.07) is 0. The van der Waals surface area contributed by atoms with Crippen molar-refractivity contribution in [2.24, 2.45) is 0 Å². The van der Waals surface area contributed by atoms with Crippen molar-refractivity contribution in [3.8, 4) is 5.75 Å². The number of anilines is 3. The zero-order valence-corrected chi connectivity index (χ0v) is 8.48. The van der Waals surface area contributed by atoms with Crippen LogP contribution in [0, 0.1) is 0 Å². The van der Waals surface area contributed by atoms with Crippen molar-refractivity contribution in [2.45, 2.75) is 19.3 Å². The summed E-state index contributed by atoms with van der Waals surface area (Å²) >= 11 is 0. The Morgan fingerprint density at radius 2 is 1.73 bits per heavy atom. The highest BCUT2D eigenvalue weighted by molar-refractivity contribution is 5.64. The number of piperidine rings is 1. The molecule has 15 heavy (non-hydrogen) atoms. The Labute approximate surface area is 87.9 Å². The number of nitrogens with two attached hydrogens (primary N) is 2. The van der Waals surface area contributed by atoms with Gasteiger partial charge in [-0.3, -0.25) is 0 Å². The zero-order chi connectivity index (χ0) is 10.8. The fourth-order valence-corrected chi connectivity index (χ4v) is 1.80. The molecule has 5 N–H and O–H groups in total. The lowest BCUT2D eigenvalue weighted by Gasteiger charge is -2.28. The van der Waals surface area contributed by atoms with Crippen LogP contribution in [-0.2, 0) is 0 Å². The Kier molecular flexibility index (Phi) is 2.49. The van der Waals surface area contributed by atoms with E-state index in [0.717, 1.165) is 25.9 Å². The van der Waals surface area contributed by atoms with Gasteiger partial charge in [-0.25, -0.2) is 0 Å². The second-order valence-corrected chi connectivity index (χ2v) is 3.69. The number of nitrogen functional groups attached to an aromatic ring is 2. The molecule has 0 aliphatic carbocycles. The first-order chi connectivity index (χ1) is 7.18. The average Bonchev–Trinajstić information content (AvgIpc) is 2.24. The van der Waals surface area contributed by atoms with E-state index in [9.17, 15) is 5.11 Å². The van der Waals surface area contributed by atoms with Crippen LogP contribution >= 0.6 is 0 Å². The van der Waals surface area contributed by atoms with Crippen molar-refractivity contribution >= 4 is 17.6 Å². The highest BCUT2D eigenvalue weighted by Crippen LogP contribution is 2.31. The molecule has 0 unspecified atom stereocenters. The van der Waals surface area contributed by atoms with E-state index in [1.165, 1.54) is 6.42 Å². The van der Waals surface area contributed by atoms with E-state index in [4.69, 9.17) is 11.5 Å². The molecule has 2 heterocycles. The number of hydrogen-bond acceptors (Lipinski definition) is 6. The lowest BCUT2D eigenvalue weighted by atomic mass is 10.1. The van der Waals surface area contributed by atoms with Crippen LogP contribution in [0.4, 0.5) is 17.6 Å². The van der Waals surface area contributed by atoms with E-state index >= 15 is 0 Å². The molecule has 0 bridgehead atoms. The normalized spacial score (nSPS) is 16.7. The van der Waals surface area contributed by atoms with Gasteiger partial charge in [0.2, 0.25) is 11.7 Å². The van der Waals surface area contributed by atoms with Crippen molar-refractivity contribution in [3.63, 3.8) is 0 Å². The second-order valence-electron chi connectivity index (χ2n) is 3.69. The molecule has 0 saturated carbocycles. The molecular weight excluding hydrogens is 194 g/mol. The van der Waals surface area contributed by atoms with Crippen molar-refractivity contribution in [3.05, 3.63) is 0 Å². The predicted octanol–water partition coefficient (Wildman–Crippen LogP) is 0.337. The number of rotatable bonds is 1. The third-order valence-corrected chi connectivity index (χ3v) is 2.57. The maximum Gasteiger partial charge on any atom is 0.224 e. The van der Waals surface area contributed by atoms with Crippen molar-refractivity contribution < 1.29 is 5.11 Å². The van der Waals surface area contributed by atoms with Gasteiger partial charge in [-0.1, -0.05) is 0 Å².